The second-order valence-electron chi connectivity index (χ2n) is 4.39. The summed E-state index contributed by atoms with van der Waals surface area (Å²) in [4.78, 5) is 15.1. The number of nitrogens with one attached hydrogen (secondary N) is 1. The van der Waals surface area contributed by atoms with Crippen molar-refractivity contribution in [3.8, 4) is 11.5 Å². The number of aromatic nitrogens is 1. The van der Waals surface area contributed by atoms with Crippen LogP contribution < -0.4 is 10.5 Å². The van der Waals surface area contributed by atoms with Crippen LogP contribution in [0.4, 0.5) is 5.69 Å². The van der Waals surface area contributed by atoms with E-state index in [0.717, 1.165) is 10.9 Å². The maximum absolute atomic E-state index is 12.0. The molecule has 2 aromatic carbocycles. The Balaban J connectivity index is 1.89. The molecule has 3 aromatic rings. The quantitative estimate of drug-likeness (QED) is 0.288. The van der Waals surface area contributed by atoms with Crippen LogP contribution in [0.5, 0.6) is 11.5 Å². The summed E-state index contributed by atoms with van der Waals surface area (Å²) in [7, 11) is 0. The molecular formula is C15H12N2O3. The van der Waals surface area contributed by atoms with Crippen LogP contribution in [0.2, 0.25) is 0 Å². The van der Waals surface area contributed by atoms with Crippen LogP contribution in [0.25, 0.3) is 10.9 Å². The zero-order valence-electron chi connectivity index (χ0n) is 10.5. The van der Waals surface area contributed by atoms with Gasteiger partial charge in [-0.15, -0.1) is 0 Å². The smallest absolute Gasteiger partial charge is 0.345 e. The van der Waals surface area contributed by atoms with E-state index in [9.17, 15) is 9.90 Å². The Morgan fingerprint density at radius 1 is 1.15 bits per heavy atom. The highest BCUT2D eigenvalue weighted by Gasteiger charge is 2.13. The summed E-state index contributed by atoms with van der Waals surface area (Å²) >= 11 is 0. The van der Waals surface area contributed by atoms with Crippen molar-refractivity contribution in [3.05, 3.63) is 54.2 Å². The maximum atomic E-state index is 12.0. The lowest BCUT2D eigenvalue weighted by Gasteiger charge is -2.07. The number of anilines is 1. The van der Waals surface area contributed by atoms with Gasteiger partial charge in [-0.25, -0.2) is 4.79 Å². The molecule has 0 saturated carbocycles. The third-order valence-electron chi connectivity index (χ3n) is 2.99. The second kappa shape index (κ2) is 4.62. The first-order valence-corrected chi connectivity index (χ1v) is 6.01. The fraction of sp³-hybridized carbons (Fsp3) is 0. The minimum Gasteiger partial charge on any atom is -0.508 e. The first-order chi connectivity index (χ1) is 9.63. The molecule has 5 nitrogen and oxygen atoms in total. The molecule has 1 aromatic heterocycles. The normalized spacial score (nSPS) is 10.6. The average molecular weight is 268 g/mol. The second-order valence-corrected chi connectivity index (χ2v) is 4.39. The molecule has 1 heterocycles. The first kappa shape index (κ1) is 12.1. The van der Waals surface area contributed by atoms with Crippen molar-refractivity contribution in [3.63, 3.8) is 0 Å². The van der Waals surface area contributed by atoms with Gasteiger partial charge in [0.05, 0.1) is 5.56 Å². The summed E-state index contributed by atoms with van der Waals surface area (Å²) in [5.41, 5.74) is 7.06. The van der Waals surface area contributed by atoms with Gasteiger partial charge in [0.25, 0.3) is 0 Å². The number of rotatable bonds is 2. The van der Waals surface area contributed by atoms with Gasteiger partial charge >= 0.3 is 5.97 Å². The van der Waals surface area contributed by atoms with Gasteiger partial charge in [-0.1, -0.05) is 0 Å². The molecule has 0 spiro atoms. The Morgan fingerprint density at radius 2 is 2.00 bits per heavy atom. The molecule has 5 heteroatoms. The number of carbonyl (C=O) groups excluding carboxylic acids is 1. The van der Waals surface area contributed by atoms with Crippen molar-refractivity contribution in [1.29, 1.82) is 0 Å². The van der Waals surface area contributed by atoms with E-state index in [4.69, 9.17) is 10.5 Å². The highest BCUT2D eigenvalue weighted by Crippen LogP contribution is 2.23. The van der Waals surface area contributed by atoms with Crippen LogP contribution in [-0.2, 0) is 0 Å². The number of esters is 1. The van der Waals surface area contributed by atoms with E-state index in [1.54, 1.807) is 12.1 Å². The summed E-state index contributed by atoms with van der Waals surface area (Å²) in [6, 6.07) is 11.3. The minimum atomic E-state index is -0.603. The van der Waals surface area contributed by atoms with Crippen LogP contribution >= 0.6 is 0 Å². The van der Waals surface area contributed by atoms with Gasteiger partial charge in [0.1, 0.15) is 11.5 Å². The molecule has 0 aliphatic heterocycles. The van der Waals surface area contributed by atoms with Gasteiger partial charge in [-0.3, -0.25) is 0 Å². The molecule has 3 rings (SSSR count). The number of carbonyl (C=O) groups is 1. The lowest BCUT2D eigenvalue weighted by atomic mass is 10.1. The van der Waals surface area contributed by atoms with E-state index >= 15 is 0 Å². The largest absolute Gasteiger partial charge is 0.508 e. The van der Waals surface area contributed by atoms with Crippen molar-refractivity contribution in [2.24, 2.45) is 0 Å². The molecule has 4 N–H and O–H groups in total. The minimum absolute atomic E-state index is 0.0350. The van der Waals surface area contributed by atoms with Crippen LogP contribution in [0.15, 0.2) is 48.7 Å². The number of hydrogen-bond acceptors (Lipinski definition) is 4. The molecule has 0 atom stereocenters. The third kappa shape index (κ3) is 2.16. The molecule has 100 valence electrons. The summed E-state index contributed by atoms with van der Waals surface area (Å²) in [5.74, 6) is -0.217. The van der Waals surface area contributed by atoms with Crippen molar-refractivity contribution < 1.29 is 14.6 Å². The number of phenolic OH excluding ortho intramolecular Hbond substituents is 1. The highest BCUT2D eigenvalue weighted by molar-refractivity contribution is 5.97. The van der Waals surface area contributed by atoms with Crippen LogP contribution in [-0.4, -0.2) is 16.1 Å². The van der Waals surface area contributed by atoms with E-state index < -0.39 is 5.97 Å². The molecule has 0 bridgehead atoms. The molecule has 0 fully saturated rings. The average Bonchev–Trinajstić information content (AvgIpc) is 2.89. The SMILES string of the molecule is Nc1ccc(O)cc1C(=O)Oc1ccc2[nH]ccc2c1. The van der Waals surface area contributed by atoms with Gasteiger partial charge < -0.3 is 20.6 Å². The third-order valence-corrected chi connectivity index (χ3v) is 2.99. The molecule has 0 saturated heterocycles. The Kier molecular flexibility index (Phi) is 2.80. The molecule has 0 aliphatic rings. The summed E-state index contributed by atoms with van der Waals surface area (Å²) in [6.07, 6.45) is 1.81. The van der Waals surface area contributed by atoms with Crippen molar-refractivity contribution in [2.75, 3.05) is 5.73 Å². The number of hydrogen-bond donors (Lipinski definition) is 3. The number of ether oxygens (including phenoxy) is 1. The number of benzene rings is 2. The number of nitrogens with two attached hydrogens (primary N) is 1. The Labute approximate surface area is 114 Å². The van der Waals surface area contributed by atoms with Gasteiger partial charge in [0.2, 0.25) is 0 Å². The Morgan fingerprint density at radius 3 is 2.85 bits per heavy atom. The lowest BCUT2D eigenvalue weighted by Crippen LogP contribution is -2.11. The molecular weight excluding hydrogens is 256 g/mol. The van der Waals surface area contributed by atoms with Crippen LogP contribution in [0, 0.1) is 0 Å². The first-order valence-electron chi connectivity index (χ1n) is 6.01. The van der Waals surface area contributed by atoms with Gasteiger partial charge in [0.15, 0.2) is 0 Å². The van der Waals surface area contributed by atoms with Crippen molar-refractivity contribution >= 4 is 22.6 Å². The monoisotopic (exact) mass is 268 g/mol. The molecule has 0 unspecified atom stereocenters. The predicted octanol–water partition coefficient (Wildman–Crippen LogP) is 2.67. The number of nitrogen functional groups attached to an aromatic ring is 1. The molecule has 20 heavy (non-hydrogen) atoms. The summed E-state index contributed by atoms with van der Waals surface area (Å²) < 4.78 is 5.27. The molecule has 0 aliphatic carbocycles. The Bertz CT molecular complexity index is 793. The van der Waals surface area contributed by atoms with Gasteiger partial charge in [-0.05, 0) is 42.5 Å². The molecule has 0 amide bonds. The number of H-pyrrole nitrogens is 1. The zero-order valence-corrected chi connectivity index (χ0v) is 10.5. The van der Waals surface area contributed by atoms with E-state index in [2.05, 4.69) is 4.98 Å². The standard InChI is InChI=1S/C15H12N2O3/c16-13-3-1-10(18)8-12(13)15(19)20-11-2-4-14-9(7-11)5-6-17-14/h1-8,17-18H,16H2. The van der Waals surface area contributed by atoms with Gasteiger partial charge in [0, 0.05) is 22.8 Å². The maximum Gasteiger partial charge on any atom is 0.345 e. The number of aromatic hydroxyl groups is 1. The zero-order chi connectivity index (χ0) is 14.1. The van der Waals surface area contributed by atoms with Crippen molar-refractivity contribution in [1.82, 2.24) is 4.98 Å². The summed E-state index contributed by atoms with van der Waals surface area (Å²) in [5, 5.41) is 10.3. The van der Waals surface area contributed by atoms with Crippen molar-refractivity contribution in [2.45, 2.75) is 0 Å². The van der Waals surface area contributed by atoms with Crippen LogP contribution in [0.3, 0.4) is 0 Å². The topological polar surface area (TPSA) is 88.3 Å². The van der Waals surface area contributed by atoms with E-state index in [0.29, 0.717) is 5.75 Å². The van der Waals surface area contributed by atoms with E-state index in [1.807, 2.05) is 18.3 Å². The van der Waals surface area contributed by atoms with E-state index in [1.165, 1.54) is 18.2 Å². The highest BCUT2D eigenvalue weighted by atomic mass is 16.5. The van der Waals surface area contributed by atoms with Gasteiger partial charge in [-0.2, -0.15) is 0 Å². The summed E-state index contributed by atoms with van der Waals surface area (Å²) in [6.45, 7) is 0. The number of aromatic amines is 1. The Hall–Kier alpha value is -2.95. The lowest BCUT2D eigenvalue weighted by molar-refractivity contribution is 0.0735. The fourth-order valence-electron chi connectivity index (χ4n) is 1.98. The predicted molar refractivity (Wildman–Crippen MR) is 75.8 cm³/mol. The molecule has 0 radical (unpaired) electrons. The number of phenols is 1. The fourth-order valence-corrected chi connectivity index (χ4v) is 1.98. The van der Waals surface area contributed by atoms with E-state index in [-0.39, 0.29) is 17.0 Å². The van der Waals surface area contributed by atoms with Crippen LogP contribution in [0.1, 0.15) is 10.4 Å². The number of fused-ring (bicyclic) bond motifs is 1.